The highest BCUT2D eigenvalue weighted by atomic mass is 16.5. The fourth-order valence-electron chi connectivity index (χ4n) is 2.61. The van der Waals surface area contributed by atoms with Crippen LogP contribution in [-0.4, -0.2) is 44.8 Å². The lowest BCUT2D eigenvalue weighted by atomic mass is 9.94. The van der Waals surface area contributed by atoms with Gasteiger partial charge in [0.2, 0.25) is 0 Å². The van der Waals surface area contributed by atoms with Crippen molar-refractivity contribution in [2.45, 2.75) is 19.9 Å². The molecular formula is C17H22N2O5. The Bertz CT molecular complexity index is 684. The Labute approximate surface area is 141 Å². The summed E-state index contributed by atoms with van der Waals surface area (Å²) >= 11 is 0. The van der Waals surface area contributed by atoms with Crippen LogP contribution in [0.1, 0.15) is 25.5 Å². The number of ether oxygens (including phenoxy) is 3. The minimum atomic E-state index is -0.683. The molecule has 1 aromatic carbocycles. The van der Waals surface area contributed by atoms with Crippen LogP contribution in [0.25, 0.3) is 0 Å². The number of carbonyl (C=O) groups excluding carboxylic acids is 2. The molecule has 0 fully saturated rings. The Balaban J connectivity index is 2.61. The van der Waals surface area contributed by atoms with Gasteiger partial charge in [0.15, 0.2) is 0 Å². The molecule has 0 aromatic heterocycles. The topological polar surface area (TPSA) is 77.1 Å². The normalized spacial score (nSPS) is 17.5. The SMILES string of the molecule is CCOC(=O)C1=C(C)N(C)C(=O)N[C@@H]1c1cc(OC)ccc1OC. The molecule has 1 atom stereocenters. The van der Waals surface area contributed by atoms with Crippen molar-refractivity contribution in [3.63, 3.8) is 0 Å². The Morgan fingerprint density at radius 2 is 2.00 bits per heavy atom. The van der Waals surface area contributed by atoms with E-state index in [1.807, 2.05) is 0 Å². The first-order chi connectivity index (χ1) is 11.4. The van der Waals surface area contributed by atoms with Gasteiger partial charge in [-0.15, -0.1) is 0 Å². The van der Waals surface area contributed by atoms with Gasteiger partial charge in [-0.25, -0.2) is 9.59 Å². The van der Waals surface area contributed by atoms with E-state index in [0.29, 0.717) is 28.3 Å². The van der Waals surface area contributed by atoms with Gasteiger partial charge < -0.3 is 24.4 Å². The maximum absolute atomic E-state index is 12.5. The van der Waals surface area contributed by atoms with Crippen LogP contribution in [-0.2, 0) is 9.53 Å². The maximum atomic E-state index is 12.5. The van der Waals surface area contributed by atoms with Crippen molar-refractivity contribution >= 4 is 12.0 Å². The van der Waals surface area contributed by atoms with Gasteiger partial charge in [-0.3, -0.25) is 0 Å². The second-order valence-electron chi connectivity index (χ2n) is 5.27. The Morgan fingerprint density at radius 3 is 2.58 bits per heavy atom. The highest BCUT2D eigenvalue weighted by Crippen LogP contribution is 2.37. The van der Waals surface area contributed by atoms with Crippen LogP contribution in [0.3, 0.4) is 0 Å². The molecule has 0 aliphatic carbocycles. The molecule has 0 saturated heterocycles. The van der Waals surface area contributed by atoms with Crippen molar-refractivity contribution in [1.29, 1.82) is 0 Å². The molecule has 0 saturated carbocycles. The number of esters is 1. The summed E-state index contributed by atoms with van der Waals surface area (Å²) in [6, 6.07) is 4.23. The molecule has 130 valence electrons. The molecule has 24 heavy (non-hydrogen) atoms. The number of benzene rings is 1. The number of nitrogens with zero attached hydrogens (tertiary/aromatic N) is 1. The van der Waals surface area contributed by atoms with Crippen molar-refractivity contribution < 1.29 is 23.8 Å². The fraction of sp³-hybridized carbons (Fsp3) is 0.412. The molecule has 1 N–H and O–H groups in total. The average Bonchev–Trinajstić information content (AvgIpc) is 2.58. The summed E-state index contributed by atoms with van der Waals surface area (Å²) in [6.07, 6.45) is 0. The Morgan fingerprint density at radius 1 is 1.29 bits per heavy atom. The van der Waals surface area contributed by atoms with Crippen LogP contribution in [0, 0.1) is 0 Å². The van der Waals surface area contributed by atoms with E-state index in [9.17, 15) is 9.59 Å². The second-order valence-corrected chi connectivity index (χ2v) is 5.27. The molecule has 2 amide bonds. The molecule has 1 aliphatic rings. The van der Waals surface area contributed by atoms with E-state index < -0.39 is 12.0 Å². The number of rotatable bonds is 5. The number of hydrogen-bond donors (Lipinski definition) is 1. The van der Waals surface area contributed by atoms with Gasteiger partial charge >= 0.3 is 12.0 Å². The number of nitrogens with one attached hydrogen (secondary N) is 1. The van der Waals surface area contributed by atoms with Crippen LogP contribution in [0.15, 0.2) is 29.5 Å². The van der Waals surface area contributed by atoms with Gasteiger partial charge in [0.05, 0.1) is 32.4 Å². The molecule has 1 heterocycles. The molecule has 1 aromatic rings. The number of allylic oxidation sites excluding steroid dienone is 1. The lowest BCUT2D eigenvalue weighted by molar-refractivity contribution is -0.139. The number of methoxy groups -OCH3 is 2. The summed E-state index contributed by atoms with van der Waals surface area (Å²) in [7, 11) is 4.68. The standard InChI is InChI=1S/C17H22N2O5/c1-6-24-16(20)14-10(2)19(3)17(21)18-15(14)12-9-11(22-4)7-8-13(12)23-5/h7-9,15H,6H2,1-5H3,(H,18,21)/t15-/m1/s1. The quantitative estimate of drug-likeness (QED) is 0.836. The minimum Gasteiger partial charge on any atom is -0.497 e. The Hall–Kier alpha value is -2.70. The van der Waals surface area contributed by atoms with Crippen molar-refractivity contribution in [3.8, 4) is 11.5 Å². The molecule has 7 nitrogen and oxygen atoms in total. The first kappa shape index (κ1) is 17.7. The zero-order valence-electron chi connectivity index (χ0n) is 14.5. The first-order valence-electron chi connectivity index (χ1n) is 7.58. The average molecular weight is 334 g/mol. The van der Waals surface area contributed by atoms with E-state index in [1.54, 1.807) is 46.2 Å². The highest BCUT2D eigenvalue weighted by Gasteiger charge is 2.36. The lowest BCUT2D eigenvalue weighted by Gasteiger charge is -2.33. The second kappa shape index (κ2) is 7.25. The van der Waals surface area contributed by atoms with E-state index in [0.717, 1.165) is 0 Å². The lowest BCUT2D eigenvalue weighted by Crippen LogP contribution is -2.46. The number of urea groups is 1. The summed E-state index contributed by atoms with van der Waals surface area (Å²) in [5, 5.41) is 2.82. The van der Waals surface area contributed by atoms with Crippen LogP contribution in [0.5, 0.6) is 11.5 Å². The van der Waals surface area contributed by atoms with Gasteiger partial charge in [0.1, 0.15) is 11.5 Å². The number of carbonyl (C=O) groups is 2. The number of amides is 2. The van der Waals surface area contributed by atoms with Crippen LogP contribution >= 0.6 is 0 Å². The van der Waals surface area contributed by atoms with Gasteiger partial charge in [-0.05, 0) is 32.0 Å². The van der Waals surface area contributed by atoms with Crippen molar-refractivity contribution in [1.82, 2.24) is 10.2 Å². The monoisotopic (exact) mass is 334 g/mol. The van der Waals surface area contributed by atoms with E-state index >= 15 is 0 Å². The molecule has 0 spiro atoms. The Kier molecular flexibility index (Phi) is 5.33. The third-order valence-corrected chi connectivity index (χ3v) is 4.00. The maximum Gasteiger partial charge on any atom is 0.338 e. The fourth-order valence-corrected chi connectivity index (χ4v) is 2.61. The zero-order chi connectivity index (χ0) is 17.9. The molecule has 0 unspecified atom stereocenters. The highest BCUT2D eigenvalue weighted by molar-refractivity contribution is 5.95. The third kappa shape index (κ3) is 3.15. The van der Waals surface area contributed by atoms with E-state index in [2.05, 4.69) is 5.32 Å². The van der Waals surface area contributed by atoms with Crippen LogP contribution in [0.4, 0.5) is 4.79 Å². The molecule has 0 radical (unpaired) electrons. The van der Waals surface area contributed by atoms with Gasteiger partial charge in [-0.1, -0.05) is 0 Å². The molecule has 0 bridgehead atoms. The van der Waals surface area contributed by atoms with Gasteiger partial charge in [0, 0.05) is 18.3 Å². The molecule has 2 rings (SSSR count). The third-order valence-electron chi connectivity index (χ3n) is 4.00. The zero-order valence-corrected chi connectivity index (χ0v) is 14.5. The van der Waals surface area contributed by atoms with Gasteiger partial charge in [-0.2, -0.15) is 0 Å². The predicted molar refractivity (Wildman–Crippen MR) is 87.9 cm³/mol. The van der Waals surface area contributed by atoms with E-state index in [-0.39, 0.29) is 12.6 Å². The summed E-state index contributed by atoms with van der Waals surface area (Å²) in [5.41, 5.74) is 1.53. The summed E-state index contributed by atoms with van der Waals surface area (Å²) in [6.45, 7) is 3.69. The van der Waals surface area contributed by atoms with Crippen molar-refractivity contribution in [2.75, 3.05) is 27.9 Å². The number of hydrogen-bond acceptors (Lipinski definition) is 5. The van der Waals surface area contributed by atoms with Crippen molar-refractivity contribution in [3.05, 3.63) is 35.0 Å². The van der Waals surface area contributed by atoms with Gasteiger partial charge in [0.25, 0.3) is 0 Å². The smallest absolute Gasteiger partial charge is 0.338 e. The molecule has 7 heteroatoms. The summed E-state index contributed by atoms with van der Waals surface area (Å²) in [5.74, 6) is 0.664. The summed E-state index contributed by atoms with van der Waals surface area (Å²) < 4.78 is 15.8. The minimum absolute atomic E-state index is 0.245. The molecule has 1 aliphatic heterocycles. The largest absolute Gasteiger partial charge is 0.497 e. The predicted octanol–water partition coefficient (Wildman–Crippen LogP) is 2.24. The van der Waals surface area contributed by atoms with E-state index in [4.69, 9.17) is 14.2 Å². The van der Waals surface area contributed by atoms with Crippen LogP contribution < -0.4 is 14.8 Å². The molecular weight excluding hydrogens is 312 g/mol. The van der Waals surface area contributed by atoms with E-state index in [1.165, 1.54) is 12.0 Å². The first-order valence-corrected chi connectivity index (χ1v) is 7.58. The van der Waals surface area contributed by atoms with Crippen molar-refractivity contribution in [2.24, 2.45) is 0 Å². The van der Waals surface area contributed by atoms with Crippen LogP contribution in [0.2, 0.25) is 0 Å². The summed E-state index contributed by atoms with van der Waals surface area (Å²) in [4.78, 5) is 26.1.